The molecular formula is C16H23NO2S. The van der Waals surface area contributed by atoms with Crippen LogP contribution in [0.1, 0.15) is 32.6 Å². The summed E-state index contributed by atoms with van der Waals surface area (Å²) in [7, 11) is -0.916. The Balaban J connectivity index is 2.42. The second-order valence-corrected chi connectivity index (χ2v) is 7.56. The van der Waals surface area contributed by atoms with E-state index >= 15 is 0 Å². The maximum absolute atomic E-state index is 13.1. The second kappa shape index (κ2) is 6.55. The molecule has 2 rings (SSSR count). The first-order valence-corrected chi connectivity index (χ1v) is 8.73. The molecule has 4 heteroatoms. The van der Waals surface area contributed by atoms with Gasteiger partial charge in [-0.05, 0) is 38.3 Å². The molecule has 20 heavy (non-hydrogen) atoms. The maximum Gasteiger partial charge on any atom is 0.0966 e. The Morgan fingerprint density at radius 2 is 2.05 bits per heavy atom. The lowest BCUT2D eigenvalue weighted by Crippen LogP contribution is -2.22. The van der Waals surface area contributed by atoms with Gasteiger partial charge in [0.1, 0.15) is 0 Å². The van der Waals surface area contributed by atoms with Gasteiger partial charge in [-0.3, -0.25) is 0 Å². The molecule has 0 unspecified atom stereocenters. The van der Waals surface area contributed by atoms with Crippen molar-refractivity contribution >= 4 is 9.73 Å². The number of aliphatic hydroxyl groups is 1. The minimum absolute atomic E-state index is 0.120. The second-order valence-electron chi connectivity index (χ2n) is 5.35. The summed E-state index contributed by atoms with van der Waals surface area (Å²) in [6, 6.07) is 9.38. The molecular weight excluding hydrogens is 270 g/mol. The first-order chi connectivity index (χ1) is 9.57. The van der Waals surface area contributed by atoms with Crippen LogP contribution in [-0.4, -0.2) is 22.5 Å². The molecule has 0 saturated heterocycles. The van der Waals surface area contributed by atoms with E-state index in [-0.39, 0.29) is 5.92 Å². The molecule has 0 radical (unpaired) electrons. The van der Waals surface area contributed by atoms with E-state index in [1.165, 1.54) is 0 Å². The Hall–Kier alpha value is -1.13. The van der Waals surface area contributed by atoms with Gasteiger partial charge in [-0.15, -0.1) is 0 Å². The van der Waals surface area contributed by atoms with E-state index in [0.29, 0.717) is 0 Å². The molecule has 1 saturated carbocycles. The molecule has 110 valence electrons. The van der Waals surface area contributed by atoms with Crippen LogP contribution >= 0.6 is 0 Å². The molecule has 0 aromatic heterocycles. The summed E-state index contributed by atoms with van der Waals surface area (Å²) in [5, 5.41) is 11.7. The van der Waals surface area contributed by atoms with E-state index < -0.39 is 15.8 Å². The molecule has 0 spiro atoms. The van der Waals surface area contributed by atoms with Gasteiger partial charge in [0, 0.05) is 18.4 Å². The molecule has 1 aromatic carbocycles. The van der Waals surface area contributed by atoms with Crippen LogP contribution in [0.3, 0.4) is 0 Å². The molecule has 1 aromatic rings. The van der Waals surface area contributed by atoms with E-state index in [4.69, 9.17) is 0 Å². The number of hydrogen-bond donors (Lipinski definition) is 1. The van der Waals surface area contributed by atoms with Gasteiger partial charge < -0.3 is 5.11 Å². The van der Waals surface area contributed by atoms with E-state index in [2.05, 4.69) is 4.36 Å². The minimum Gasteiger partial charge on any atom is -0.393 e. The lowest BCUT2D eigenvalue weighted by atomic mass is 9.82. The van der Waals surface area contributed by atoms with Crippen molar-refractivity contribution < 1.29 is 9.32 Å². The number of benzene rings is 1. The van der Waals surface area contributed by atoms with Crippen molar-refractivity contribution in [3.63, 3.8) is 0 Å². The predicted octanol–water partition coefficient (Wildman–Crippen LogP) is 3.60. The fourth-order valence-corrected chi connectivity index (χ4v) is 4.51. The molecule has 3 atom stereocenters. The average molecular weight is 293 g/mol. The zero-order valence-electron chi connectivity index (χ0n) is 12.2. The summed E-state index contributed by atoms with van der Waals surface area (Å²) in [6.45, 7) is 1.82. The summed E-state index contributed by atoms with van der Waals surface area (Å²) in [6.07, 6.45) is 3.72. The lowest BCUT2D eigenvalue weighted by molar-refractivity contribution is 0.129. The molecule has 0 aliphatic heterocycles. The third-order valence-electron chi connectivity index (χ3n) is 3.95. The van der Waals surface area contributed by atoms with Gasteiger partial charge in [0.15, 0.2) is 0 Å². The Kier molecular flexibility index (Phi) is 5.00. The summed E-state index contributed by atoms with van der Waals surface area (Å²) in [5.41, 5.74) is 1.10. The first-order valence-electron chi connectivity index (χ1n) is 7.15. The van der Waals surface area contributed by atoms with Gasteiger partial charge in [0.05, 0.1) is 20.7 Å². The largest absolute Gasteiger partial charge is 0.393 e. The highest BCUT2D eigenvalue weighted by Crippen LogP contribution is 2.33. The van der Waals surface area contributed by atoms with Crippen molar-refractivity contribution in [3.8, 4) is 0 Å². The van der Waals surface area contributed by atoms with Crippen LogP contribution in [0, 0.1) is 5.92 Å². The molecule has 1 aliphatic rings. The summed E-state index contributed by atoms with van der Waals surface area (Å²) in [4.78, 5) is 0.741. The van der Waals surface area contributed by atoms with E-state index in [9.17, 15) is 9.32 Å². The minimum atomic E-state index is -2.52. The molecule has 0 heterocycles. The summed E-state index contributed by atoms with van der Waals surface area (Å²) >= 11 is 0. The normalized spacial score (nSPS) is 25.9. The SMILES string of the molecule is CN=[S@@](=O)(/C=C1/CCCC[C@H]1[C@H](C)O)c1ccccc1. The van der Waals surface area contributed by atoms with Crippen molar-refractivity contribution in [3.05, 3.63) is 41.3 Å². The Labute approximate surface area is 121 Å². The maximum atomic E-state index is 13.1. The van der Waals surface area contributed by atoms with Crippen LogP contribution in [0.4, 0.5) is 0 Å². The molecule has 0 bridgehead atoms. The van der Waals surface area contributed by atoms with E-state index in [1.807, 2.05) is 42.7 Å². The Morgan fingerprint density at radius 1 is 1.35 bits per heavy atom. The van der Waals surface area contributed by atoms with Gasteiger partial charge in [0.2, 0.25) is 0 Å². The van der Waals surface area contributed by atoms with Gasteiger partial charge in [0.25, 0.3) is 0 Å². The zero-order chi connectivity index (χ0) is 14.6. The molecule has 1 aliphatic carbocycles. The first kappa shape index (κ1) is 15.3. The number of aliphatic hydroxyl groups excluding tert-OH is 1. The topological polar surface area (TPSA) is 49.7 Å². The molecule has 1 N–H and O–H groups in total. The number of nitrogens with zero attached hydrogens (tertiary/aromatic N) is 1. The van der Waals surface area contributed by atoms with Crippen LogP contribution in [0.2, 0.25) is 0 Å². The van der Waals surface area contributed by atoms with Crippen LogP contribution in [-0.2, 0) is 9.73 Å². The van der Waals surface area contributed by atoms with Crippen molar-refractivity contribution in [1.29, 1.82) is 0 Å². The van der Waals surface area contributed by atoms with E-state index in [1.54, 1.807) is 7.05 Å². The van der Waals surface area contributed by atoms with Crippen LogP contribution in [0.25, 0.3) is 0 Å². The highest BCUT2D eigenvalue weighted by Gasteiger charge is 2.24. The quantitative estimate of drug-likeness (QED) is 0.925. The van der Waals surface area contributed by atoms with Gasteiger partial charge in [-0.1, -0.05) is 30.2 Å². The lowest BCUT2D eigenvalue weighted by Gasteiger charge is -2.28. The van der Waals surface area contributed by atoms with Crippen LogP contribution in [0.5, 0.6) is 0 Å². The zero-order valence-corrected chi connectivity index (χ0v) is 13.0. The fourth-order valence-electron chi connectivity index (χ4n) is 2.81. The molecule has 1 fully saturated rings. The number of rotatable bonds is 3. The van der Waals surface area contributed by atoms with Crippen molar-refractivity contribution in [2.75, 3.05) is 7.05 Å². The van der Waals surface area contributed by atoms with Crippen LogP contribution in [0.15, 0.2) is 50.6 Å². The third kappa shape index (κ3) is 3.30. The van der Waals surface area contributed by atoms with Crippen molar-refractivity contribution in [2.45, 2.75) is 43.6 Å². The van der Waals surface area contributed by atoms with Gasteiger partial charge in [-0.25, -0.2) is 8.57 Å². The van der Waals surface area contributed by atoms with Crippen LogP contribution < -0.4 is 0 Å². The molecule has 3 nitrogen and oxygen atoms in total. The highest BCUT2D eigenvalue weighted by atomic mass is 32.2. The highest BCUT2D eigenvalue weighted by molar-refractivity contribution is 7.96. The van der Waals surface area contributed by atoms with Crippen molar-refractivity contribution in [2.24, 2.45) is 10.3 Å². The van der Waals surface area contributed by atoms with Crippen molar-refractivity contribution in [1.82, 2.24) is 0 Å². The fraction of sp³-hybridized carbons (Fsp3) is 0.500. The van der Waals surface area contributed by atoms with Gasteiger partial charge in [-0.2, -0.15) is 0 Å². The third-order valence-corrected chi connectivity index (χ3v) is 6.06. The monoisotopic (exact) mass is 293 g/mol. The Morgan fingerprint density at radius 3 is 2.65 bits per heavy atom. The standard InChI is InChI=1S/C16H23NO2S/c1-13(18)16-11-7-6-8-14(16)12-20(19,17-2)15-9-4-3-5-10-15/h3-5,9-10,12-13,16,18H,6-8,11H2,1-2H3/b14-12-/t13-,16-,20+/m0/s1. The summed E-state index contributed by atoms with van der Waals surface area (Å²) in [5.74, 6) is 0.120. The Bertz CT molecular complexity index is 584. The molecule has 0 amide bonds. The smallest absolute Gasteiger partial charge is 0.0966 e. The number of hydrogen-bond acceptors (Lipinski definition) is 3. The average Bonchev–Trinajstić information content (AvgIpc) is 2.48. The predicted molar refractivity (Wildman–Crippen MR) is 82.9 cm³/mol. The van der Waals surface area contributed by atoms with Gasteiger partial charge >= 0.3 is 0 Å². The summed E-state index contributed by atoms with van der Waals surface area (Å²) < 4.78 is 17.2. The van der Waals surface area contributed by atoms with E-state index in [0.717, 1.165) is 36.2 Å².